The third-order valence-electron chi connectivity index (χ3n) is 5.90. The highest BCUT2D eigenvalue weighted by Crippen LogP contribution is 2.30. The van der Waals surface area contributed by atoms with E-state index in [9.17, 15) is 4.79 Å². The van der Waals surface area contributed by atoms with E-state index < -0.39 is 5.60 Å². The Morgan fingerprint density at radius 2 is 1.31 bits per heavy atom. The topological polar surface area (TPSA) is 32.8 Å². The third kappa shape index (κ3) is 5.14. The minimum Gasteiger partial charge on any atom is -0.478 e. The first-order valence-electron chi connectivity index (χ1n) is 11.0. The summed E-state index contributed by atoms with van der Waals surface area (Å²) in [4.78, 5) is 17.6. The van der Waals surface area contributed by atoms with Crippen LogP contribution >= 0.6 is 11.6 Å². The molecule has 0 aromatic heterocycles. The molecule has 3 aromatic rings. The first-order chi connectivity index (χ1) is 15.4. The van der Waals surface area contributed by atoms with Gasteiger partial charge in [0.15, 0.2) is 5.60 Å². The first kappa shape index (κ1) is 22.4. The summed E-state index contributed by atoms with van der Waals surface area (Å²) >= 11 is 5.96. The van der Waals surface area contributed by atoms with Gasteiger partial charge in [-0.1, -0.05) is 72.3 Å². The standard InChI is InChI=1S/C27H29ClN2O2/c1-27(2,32-24-15-13-23(28)14-16-24)26(31)30-19-17-29(18-20-30)25(21-9-5-3-6-10-21)22-11-7-4-8-12-22/h3-16,25H,17-20H2,1-2H3. The van der Waals surface area contributed by atoms with E-state index in [-0.39, 0.29) is 11.9 Å². The lowest BCUT2D eigenvalue weighted by Gasteiger charge is -2.41. The fraction of sp³-hybridized carbons (Fsp3) is 0.296. The molecule has 3 aromatic carbocycles. The van der Waals surface area contributed by atoms with Gasteiger partial charge < -0.3 is 9.64 Å². The Bertz CT molecular complexity index is 975. The summed E-state index contributed by atoms with van der Waals surface area (Å²) in [5, 5.41) is 0.643. The summed E-state index contributed by atoms with van der Waals surface area (Å²) < 4.78 is 6.02. The van der Waals surface area contributed by atoms with Gasteiger partial charge in [0.05, 0.1) is 6.04 Å². The monoisotopic (exact) mass is 448 g/mol. The van der Waals surface area contributed by atoms with Gasteiger partial charge in [0.25, 0.3) is 5.91 Å². The summed E-state index contributed by atoms with van der Waals surface area (Å²) in [6.07, 6.45) is 0. The average Bonchev–Trinajstić information content (AvgIpc) is 2.82. The van der Waals surface area contributed by atoms with Crippen molar-refractivity contribution in [3.05, 3.63) is 101 Å². The third-order valence-corrected chi connectivity index (χ3v) is 6.15. The second kappa shape index (κ2) is 9.76. The average molecular weight is 449 g/mol. The normalized spacial score (nSPS) is 15.1. The van der Waals surface area contributed by atoms with Crippen molar-refractivity contribution >= 4 is 17.5 Å². The van der Waals surface area contributed by atoms with Crippen molar-refractivity contribution in [3.8, 4) is 5.75 Å². The highest BCUT2D eigenvalue weighted by molar-refractivity contribution is 6.30. The maximum atomic E-state index is 13.3. The van der Waals surface area contributed by atoms with E-state index in [1.807, 2.05) is 30.9 Å². The molecule has 1 aliphatic heterocycles. The number of halogens is 1. The minimum absolute atomic E-state index is 0.00284. The number of amides is 1. The fourth-order valence-corrected chi connectivity index (χ4v) is 4.42. The molecule has 1 heterocycles. The number of hydrogen-bond acceptors (Lipinski definition) is 3. The van der Waals surface area contributed by atoms with Crippen LogP contribution in [0.4, 0.5) is 0 Å². The molecule has 0 unspecified atom stereocenters. The van der Waals surface area contributed by atoms with Crippen LogP contribution in [0.5, 0.6) is 5.75 Å². The lowest BCUT2D eigenvalue weighted by Crippen LogP contribution is -2.56. The number of carbonyl (C=O) groups excluding carboxylic acids is 1. The molecule has 4 rings (SSSR count). The molecule has 1 aliphatic rings. The Kier molecular flexibility index (Phi) is 6.83. The van der Waals surface area contributed by atoms with E-state index in [4.69, 9.17) is 16.3 Å². The van der Waals surface area contributed by atoms with E-state index in [0.29, 0.717) is 23.9 Å². The summed E-state index contributed by atoms with van der Waals surface area (Å²) in [6, 6.07) is 28.4. The second-order valence-corrected chi connectivity index (χ2v) is 9.05. The van der Waals surface area contributed by atoms with Gasteiger partial charge in [0, 0.05) is 31.2 Å². The maximum absolute atomic E-state index is 13.3. The molecule has 0 atom stereocenters. The highest BCUT2D eigenvalue weighted by Gasteiger charge is 2.37. The van der Waals surface area contributed by atoms with Gasteiger partial charge in [-0.25, -0.2) is 0 Å². The van der Waals surface area contributed by atoms with Gasteiger partial charge in [0.1, 0.15) is 5.75 Å². The Morgan fingerprint density at radius 1 is 0.812 bits per heavy atom. The second-order valence-electron chi connectivity index (χ2n) is 8.62. The lowest BCUT2D eigenvalue weighted by atomic mass is 9.96. The first-order valence-corrected chi connectivity index (χ1v) is 11.4. The SMILES string of the molecule is CC(C)(Oc1ccc(Cl)cc1)C(=O)N1CCN(C(c2ccccc2)c2ccccc2)CC1. The number of nitrogens with zero attached hydrogens (tertiary/aromatic N) is 2. The van der Waals surface area contributed by atoms with Crippen molar-refractivity contribution in [2.24, 2.45) is 0 Å². The van der Waals surface area contributed by atoms with Crippen LogP contribution in [-0.2, 0) is 4.79 Å². The number of benzene rings is 3. The zero-order valence-corrected chi connectivity index (χ0v) is 19.3. The predicted molar refractivity (Wildman–Crippen MR) is 129 cm³/mol. The van der Waals surface area contributed by atoms with Crippen molar-refractivity contribution in [1.82, 2.24) is 9.80 Å². The predicted octanol–water partition coefficient (Wildman–Crippen LogP) is 5.43. The van der Waals surface area contributed by atoms with Gasteiger partial charge >= 0.3 is 0 Å². The molecular formula is C27H29ClN2O2. The number of hydrogen-bond donors (Lipinski definition) is 0. The highest BCUT2D eigenvalue weighted by atomic mass is 35.5. The summed E-state index contributed by atoms with van der Waals surface area (Å²) in [7, 11) is 0. The van der Waals surface area contributed by atoms with Crippen LogP contribution in [0.1, 0.15) is 31.0 Å². The molecule has 0 bridgehead atoms. The van der Waals surface area contributed by atoms with Gasteiger partial charge in [-0.3, -0.25) is 9.69 Å². The molecule has 1 amide bonds. The van der Waals surface area contributed by atoms with Gasteiger partial charge in [-0.05, 0) is 49.2 Å². The van der Waals surface area contributed by atoms with Crippen LogP contribution in [0.3, 0.4) is 0 Å². The van der Waals surface area contributed by atoms with E-state index in [1.165, 1.54) is 11.1 Å². The van der Waals surface area contributed by atoms with Crippen LogP contribution in [-0.4, -0.2) is 47.5 Å². The molecular weight excluding hydrogens is 420 g/mol. The van der Waals surface area contributed by atoms with Gasteiger partial charge in [0.2, 0.25) is 0 Å². The zero-order valence-electron chi connectivity index (χ0n) is 18.6. The summed E-state index contributed by atoms with van der Waals surface area (Å²) in [5.41, 5.74) is 1.59. The maximum Gasteiger partial charge on any atom is 0.266 e. The smallest absolute Gasteiger partial charge is 0.266 e. The van der Waals surface area contributed by atoms with Crippen molar-refractivity contribution in [2.45, 2.75) is 25.5 Å². The minimum atomic E-state index is -0.950. The Balaban J connectivity index is 1.45. The van der Waals surface area contributed by atoms with E-state index in [2.05, 4.69) is 53.4 Å². The molecule has 32 heavy (non-hydrogen) atoms. The van der Waals surface area contributed by atoms with Gasteiger partial charge in [-0.15, -0.1) is 0 Å². The molecule has 0 aliphatic carbocycles. The molecule has 1 fully saturated rings. The quantitative estimate of drug-likeness (QED) is 0.504. The van der Waals surface area contributed by atoms with Crippen LogP contribution in [0.15, 0.2) is 84.9 Å². The number of rotatable bonds is 6. The molecule has 1 saturated heterocycles. The lowest BCUT2D eigenvalue weighted by molar-refractivity contribution is -0.147. The van der Waals surface area contributed by atoms with Crippen molar-refractivity contribution < 1.29 is 9.53 Å². The number of carbonyl (C=O) groups is 1. The zero-order chi connectivity index (χ0) is 22.6. The van der Waals surface area contributed by atoms with Crippen LogP contribution in [0.25, 0.3) is 0 Å². The van der Waals surface area contributed by atoms with Crippen molar-refractivity contribution in [3.63, 3.8) is 0 Å². The number of ether oxygens (including phenoxy) is 1. The van der Waals surface area contributed by atoms with Gasteiger partial charge in [-0.2, -0.15) is 0 Å². The Morgan fingerprint density at radius 3 is 1.81 bits per heavy atom. The van der Waals surface area contributed by atoms with Crippen LogP contribution in [0, 0.1) is 0 Å². The molecule has 166 valence electrons. The fourth-order valence-electron chi connectivity index (χ4n) is 4.29. The molecule has 0 spiro atoms. The Labute approximate surface area is 195 Å². The van der Waals surface area contributed by atoms with E-state index in [0.717, 1.165) is 13.1 Å². The van der Waals surface area contributed by atoms with Crippen LogP contribution in [0.2, 0.25) is 5.02 Å². The molecule has 0 N–H and O–H groups in total. The molecule has 5 heteroatoms. The van der Waals surface area contributed by atoms with Crippen molar-refractivity contribution in [2.75, 3.05) is 26.2 Å². The van der Waals surface area contributed by atoms with Crippen molar-refractivity contribution in [1.29, 1.82) is 0 Å². The van der Waals surface area contributed by atoms with E-state index in [1.54, 1.807) is 24.3 Å². The van der Waals surface area contributed by atoms with Crippen LogP contribution < -0.4 is 4.74 Å². The summed E-state index contributed by atoms with van der Waals surface area (Å²) in [5.74, 6) is 0.641. The molecule has 0 saturated carbocycles. The number of piperazine rings is 1. The summed E-state index contributed by atoms with van der Waals surface area (Å²) in [6.45, 7) is 6.60. The van der Waals surface area contributed by atoms with E-state index >= 15 is 0 Å². The molecule has 4 nitrogen and oxygen atoms in total. The largest absolute Gasteiger partial charge is 0.478 e. The Hall–Kier alpha value is -2.82. The molecule has 0 radical (unpaired) electrons.